The molecule has 0 aliphatic carbocycles. The first-order chi connectivity index (χ1) is 14.3. The van der Waals surface area contributed by atoms with Crippen molar-refractivity contribution in [2.24, 2.45) is 0 Å². The van der Waals surface area contributed by atoms with E-state index in [1.165, 1.54) is 27.3 Å². The van der Waals surface area contributed by atoms with Gasteiger partial charge in [0.15, 0.2) is 0 Å². The molecule has 0 atom stereocenters. The van der Waals surface area contributed by atoms with E-state index in [9.17, 15) is 22.8 Å². The second-order valence-electron chi connectivity index (χ2n) is 7.00. The predicted octanol–water partition coefficient (Wildman–Crippen LogP) is -0.694. The van der Waals surface area contributed by atoms with E-state index in [1.54, 1.807) is 18.2 Å². The topological polar surface area (TPSA) is 114 Å². The Morgan fingerprint density at radius 3 is 2.10 bits per heavy atom. The average molecular weight is 439 g/mol. The molecule has 0 N–H and O–H groups in total. The third-order valence-electron chi connectivity index (χ3n) is 5.16. The van der Waals surface area contributed by atoms with Gasteiger partial charge in [0, 0.05) is 39.3 Å². The summed E-state index contributed by atoms with van der Waals surface area (Å²) in [6.07, 6.45) is 0. The molecule has 2 aliphatic heterocycles. The Morgan fingerprint density at radius 1 is 0.933 bits per heavy atom. The first-order valence-electron chi connectivity index (χ1n) is 9.63. The molecule has 3 rings (SSSR count). The zero-order valence-corrected chi connectivity index (χ0v) is 17.6. The van der Waals surface area contributed by atoms with E-state index in [1.807, 2.05) is 0 Å². The SMILES string of the molecule is COC(=O)c1ccccc1CS(=O)(=O)N1CCN(C(=O)C(=O)N2CCOCC2)CC1. The number of sulfonamides is 1. The number of hydrogen-bond donors (Lipinski definition) is 0. The van der Waals surface area contributed by atoms with E-state index >= 15 is 0 Å². The van der Waals surface area contributed by atoms with Crippen LogP contribution in [0.25, 0.3) is 0 Å². The van der Waals surface area contributed by atoms with Crippen LogP contribution in [0.3, 0.4) is 0 Å². The Morgan fingerprint density at radius 2 is 1.50 bits per heavy atom. The van der Waals surface area contributed by atoms with Crippen molar-refractivity contribution in [3.8, 4) is 0 Å². The van der Waals surface area contributed by atoms with Gasteiger partial charge in [-0.15, -0.1) is 0 Å². The van der Waals surface area contributed by atoms with Gasteiger partial charge in [0.2, 0.25) is 10.0 Å². The molecule has 0 radical (unpaired) electrons. The summed E-state index contributed by atoms with van der Waals surface area (Å²) in [6, 6.07) is 6.39. The molecule has 2 amide bonds. The number of rotatable bonds is 4. The lowest BCUT2D eigenvalue weighted by molar-refractivity contribution is -0.154. The van der Waals surface area contributed by atoms with Gasteiger partial charge < -0.3 is 19.3 Å². The van der Waals surface area contributed by atoms with Crippen LogP contribution in [0.15, 0.2) is 24.3 Å². The lowest BCUT2D eigenvalue weighted by atomic mass is 10.1. The van der Waals surface area contributed by atoms with E-state index in [0.29, 0.717) is 31.9 Å². The van der Waals surface area contributed by atoms with Crippen LogP contribution in [-0.2, 0) is 34.8 Å². The quantitative estimate of drug-likeness (QED) is 0.451. The number of piperazine rings is 1. The van der Waals surface area contributed by atoms with Crippen LogP contribution in [0.1, 0.15) is 15.9 Å². The molecule has 0 saturated carbocycles. The van der Waals surface area contributed by atoms with Crippen molar-refractivity contribution in [3.05, 3.63) is 35.4 Å². The first-order valence-corrected chi connectivity index (χ1v) is 11.2. The normalized spacial score (nSPS) is 18.2. The molecule has 11 heteroatoms. The average Bonchev–Trinajstić information content (AvgIpc) is 2.78. The fraction of sp³-hybridized carbons (Fsp3) is 0.526. The Labute approximate surface area is 175 Å². The predicted molar refractivity (Wildman–Crippen MR) is 106 cm³/mol. The number of carbonyl (C=O) groups excluding carboxylic acids is 3. The molecule has 1 aromatic carbocycles. The minimum absolute atomic E-state index is 0.0882. The molecule has 2 saturated heterocycles. The first kappa shape index (κ1) is 22.2. The van der Waals surface area contributed by atoms with Crippen molar-refractivity contribution in [1.29, 1.82) is 0 Å². The van der Waals surface area contributed by atoms with E-state index in [2.05, 4.69) is 0 Å². The molecule has 10 nitrogen and oxygen atoms in total. The number of nitrogens with zero attached hydrogens (tertiary/aromatic N) is 3. The van der Waals surface area contributed by atoms with E-state index in [-0.39, 0.29) is 37.5 Å². The summed E-state index contributed by atoms with van der Waals surface area (Å²) in [4.78, 5) is 39.6. The Hall–Kier alpha value is -2.50. The third-order valence-corrected chi connectivity index (χ3v) is 6.99. The van der Waals surface area contributed by atoms with Crippen LogP contribution in [0.5, 0.6) is 0 Å². The van der Waals surface area contributed by atoms with Crippen LogP contribution >= 0.6 is 0 Å². The van der Waals surface area contributed by atoms with Gasteiger partial charge in [-0.2, -0.15) is 4.31 Å². The molecule has 0 unspecified atom stereocenters. The summed E-state index contributed by atoms with van der Waals surface area (Å²) in [6.45, 7) is 1.99. The summed E-state index contributed by atoms with van der Waals surface area (Å²) in [5.74, 6) is -2.15. The molecule has 0 aromatic heterocycles. The number of ether oxygens (including phenoxy) is 2. The zero-order valence-electron chi connectivity index (χ0n) is 16.8. The van der Waals surface area contributed by atoms with Crippen molar-refractivity contribution in [1.82, 2.24) is 14.1 Å². The lowest BCUT2D eigenvalue weighted by Crippen LogP contribution is -2.55. The van der Waals surface area contributed by atoms with Gasteiger partial charge in [0.05, 0.1) is 31.6 Å². The molecule has 0 spiro atoms. The summed E-state index contributed by atoms with van der Waals surface area (Å²) in [5.41, 5.74) is 0.554. The fourth-order valence-corrected chi connectivity index (χ4v) is 5.00. The van der Waals surface area contributed by atoms with E-state index in [0.717, 1.165) is 0 Å². The van der Waals surface area contributed by atoms with Gasteiger partial charge >= 0.3 is 17.8 Å². The number of methoxy groups -OCH3 is 1. The minimum atomic E-state index is -3.71. The minimum Gasteiger partial charge on any atom is -0.465 e. The smallest absolute Gasteiger partial charge is 0.338 e. The number of esters is 1. The van der Waals surface area contributed by atoms with Crippen molar-refractivity contribution in [2.75, 3.05) is 59.6 Å². The second kappa shape index (κ2) is 9.54. The highest BCUT2D eigenvalue weighted by Crippen LogP contribution is 2.18. The van der Waals surface area contributed by atoms with Gasteiger partial charge in [-0.1, -0.05) is 18.2 Å². The highest BCUT2D eigenvalue weighted by Gasteiger charge is 2.34. The highest BCUT2D eigenvalue weighted by molar-refractivity contribution is 7.88. The number of carbonyl (C=O) groups is 3. The molecular weight excluding hydrogens is 414 g/mol. The number of amides is 2. The largest absolute Gasteiger partial charge is 0.465 e. The molecular formula is C19H25N3O7S. The monoisotopic (exact) mass is 439 g/mol. The standard InChI is InChI=1S/C19H25N3O7S/c1-28-19(25)16-5-3-2-4-15(16)14-30(26,27)22-8-6-20(7-9-22)17(23)18(24)21-10-12-29-13-11-21/h2-5H,6-14H2,1H3. The number of hydrogen-bond acceptors (Lipinski definition) is 7. The maximum Gasteiger partial charge on any atom is 0.338 e. The van der Waals surface area contributed by atoms with Crippen LogP contribution in [-0.4, -0.2) is 99.9 Å². The van der Waals surface area contributed by atoms with Gasteiger partial charge in [0.1, 0.15) is 0 Å². The van der Waals surface area contributed by atoms with Crippen LogP contribution in [0, 0.1) is 0 Å². The number of benzene rings is 1. The van der Waals surface area contributed by atoms with Crippen LogP contribution in [0.2, 0.25) is 0 Å². The maximum absolute atomic E-state index is 12.9. The molecule has 0 bridgehead atoms. The summed E-state index contributed by atoms with van der Waals surface area (Å²) < 4.78 is 36.9. The highest BCUT2D eigenvalue weighted by atomic mass is 32.2. The Bertz CT molecular complexity index is 904. The molecule has 2 heterocycles. The van der Waals surface area contributed by atoms with Gasteiger partial charge in [-0.25, -0.2) is 13.2 Å². The number of morpholine rings is 1. The zero-order chi connectivity index (χ0) is 21.7. The van der Waals surface area contributed by atoms with E-state index in [4.69, 9.17) is 9.47 Å². The van der Waals surface area contributed by atoms with Gasteiger partial charge in [-0.05, 0) is 11.6 Å². The molecule has 2 aliphatic rings. The van der Waals surface area contributed by atoms with Crippen molar-refractivity contribution in [2.45, 2.75) is 5.75 Å². The summed E-state index contributed by atoms with van der Waals surface area (Å²) in [5, 5.41) is 0. The fourth-order valence-electron chi connectivity index (χ4n) is 3.45. The van der Waals surface area contributed by atoms with Crippen molar-refractivity contribution in [3.63, 3.8) is 0 Å². The lowest BCUT2D eigenvalue weighted by Gasteiger charge is -2.35. The molecule has 164 valence electrons. The van der Waals surface area contributed by atoms with Crippen LogP contribution in [0.4, 0.5) is 0 Å². The molecule has 2 fully saturated rings. The van der Waals surface area contributed by atoms with Gasteiger partial charge in [-0.3, -0.25) is 9.59 Å². The van der Waals surface area contributed by atoms with Crippen LogP contribution < -0.4 is 0 Å². The summed E-state index contributed by atoms with van der Waals surface area (Å²) in [7, 11) is -2.48. The van der Waals surface area contributed by atoms with Gasteiger partial charge in [0.25, 0.3) is 0 Å². The third kappa shape index (κ3) is 4.97. The van der Waals surface area contributed by atoms with E-state index < -0.39 is 27.8 Å². The Balaban J connectivity index is 1.61. The molecule has 30 heavy (non-hydrogen) atoms. The second-order valence-corrected chi connectivity index (χ2v) is 8.97. The van der Waals surface area contributed by atoms with Crippen molar-refractivity contribution >= 4 is 27.8 Å². The molecule has 1 aromatic rings. The van der Waals surface area contributed by atoms with Crippen molar-refractivity contribution < 1.29 is 32.3 Å². The maximum atomic E-state index is 12.9. The Kier molecular flexibility index (Phi) is 7.06. The summed E-state index contributed by atoms with van der Waals surface area (Å²) >= 11 is 0.